The Hall–Kier alpha value is -4.11. The van der Waals surface area contributed by atoms with Gasteiger partial charge in [-0.2, -0.15) is 0 Å². The van der Waals surface area contributed by atoms with Gasteiger partial charge in [-0.3, -0.25) is 4.57 Å². The van der Waals surface area contributed by atoms with Crippen LogP contribution in [0.4, 0.5) is 0 Å². The highest BCUT2D eigenvalue weighted by atomic mass is 15.1. The van der Waals surface area contributed by atoms with Gasteiger partial charge in [-0.25, -0.2) is 4.98 Å². The summed E-state index contributed by atoms with van der Waals surface area (Å²) in [5, 5.41) is 2.49. The summed E-state index contributed by atoms with van der Waals surface area (Å²) in [7, 11) is 0. The predicted octanol–water partition coefficient (Wildman–Crippen LogP) is 7.87. The van der Waals surface area contributed by atoms with E-state index in [1.54, 1.807) is 0 Å². The number of fused-ring (bicyclic) bond motifs is 3. The molecule has 0 aliphatic rings. The summed E-state index contributed by atoms with van der Waals surface area (Å²) in [6.45, 7) is 8.65. The lowest BCUT2D eigenvalue weighted by atomic mass is 10.0. The molecule has 0 radical (unpaired) electrons. The number of hydrogen-bond acceptors (Lipinski definition) is 1. The van der Waals surface area contributed by atoms with Crippen molar-refractivity contribution in [3.05, 3.63) is 114 Å². The molecular weight excluding hydrogens is 414 g/mol. The van der Waals surface area contributed by atoms with Crippen LogP contribution in [0.3, 0.4) is 0 Å². The molecule has 0 unspecified atom stereocenters. The van der Waals surface area contributed by atoms with E-state index in [9.17, 15) is 0 Å². The van der Waals surface area contributed by atoms with E-state index in [0.29, 0.717) is 0 Å². The predicted molar refractivity (Wildman–Crippen MR) is 142 cm³/mol. The van der Waals surface area contributed by atoms with Gasteiger partial charge >= 0.3 is 0 Å². The van der Waals surface area contributed by atoms with Gasteiger partial charge in [0.15, 0.2) is 0 Å². The molecule has 166 valence electrons. The zero-order valence-corrected chi connectivity index (χ0v) is 20.0. The first-order valence-electron chi connectivity index (χ1n) is 11.7. The number of aryl methyl sites for hydroxylation is 4. The zero-order chi connectivity index (χ0) is 23.4. The molecule has 6 aromatic rings. The van der Waals surface area contributed by atoms with Gasteiger partial charge < -0.3 is 4.57 Å². The summed E-state index contributed by atoms with van der Waals surface area (Å²) in [5.41, 5.74) is 11.0. The molecule has 0 amide bonds. The summed E-state index contributed by atoms with van der Waals surface area (Å²) in [6.07, 6.45) is 3.97. The molecule has 0 bridgehead atoms. The van der Waals surface area contributed by atoms with E-state index >= 15 is 0 Å². The normalized spacial score (nSPS) is 11.5. The number of rotatable bonds is 3. The Balaban J connectivity index is 1.59. The van der Waals surface area contributed by atoms with Crippen LogP contribution in [0.1, 0.15) is 22.3 Å². The third-order valence-corrected chi connectivity index (χ3v) is 6.71. The van der Waals surface area contributed by atoms with Crippen LogP contribution < -0.4 is 0 Å². The van der Waals surface area contributed by atoms with Crippen LogP contribution in [0, 0.1) is 27.7 Å². The lowest BCUT2D eigenvalue weighted by Gasteiger charge is -2.15. The van der Waals surface area contributed by atoms with Gasteiger partial charge in [-0.1, -0.05) is 48.0 Å². The first kappa shape index (κ1) is 20.5. The van der Waals surface area contributed by atoms with Crippen LogP contribution in [0.25, 0.3) is 44.6 Å². The minimum Gasteiger partial charge on any atom is -0.309 e. The van der Waals surface area contributed by atoms with Gasteiger partial charge in [0.1, 0.15) is 5.82 Å². The smallest absolute Gasteiger partial charge is 0.144 e. The highest BCUT2D eigenvalue weighted by molar-refractivity contribution is 6.10. The summed E-state index contributed by atoms with van der Waals surface area (Å²) in [4.78, 5) is 4.79. The molecular formula is C31H27N3. The number of hydrogen-bond donors (Lipinski definition) is 0. The second-order valence-corrected chi connectivity index (χ2v) is 9.29. The van der Waals surface area contributed by atoms with E-state index in [2.05, 4.69) is 122 Å². The van der Waals surface area contributed by atoms with E-state index < -0.39 is 0 Å². The lowest BCUT2D eigenvalue weighted by Crippen LogP contribution is -2.02. The van der Waals surface area contributed by atoms with Crippen molar-refractivity contribution in [1.29, 1.82) is 0 Å². The molecule has 0 atom stereocenters. The summed E-state index contributed by atoms with van der Waals surface area (Å²) < 4.78 is 4.59. The Morgan fingerprint density at radius 2 is 1.41 bits per heavy atom. The van der Waals surface area contributed by atoms with Gasteiger partial charge in [-0.05, 0) is 80.8 Å². The van der Waals surface area contributed by atoms with Gasteiger partial charge in [0.05, 0.1) is 16.7 Å². The zero-order valence-electron chi connectivity index (χ0n) is 20.0. The average Bonchev–Trinajstić information content (AvgIpc) is 3.41. The molecule has 0 spiro atoms. The highest BCUT2D eigenvalue weighted by Crippen LogP contribution is 2.35. The molecule has 0 saturated carbocycles. The Labute approximate surface area is 199 Å². The van der Waals surface area contributed by atoms with E-state index in [0.717, 1.165) is 11.4 Å². The number of para-hydroxylation sites is 1. The fourth-order valence-corrected chi connectivity index (χ4v) is 5.41. The SMILES string of the molecule is Cc1cccc(-n2c3ccccc3c3cc(-c4nccn4-c4c(C)cc(C)cc4C)ccc32)c1. The molecule has 0 aliphatic carbocycles. The van der Waals surface area contributed by atoms with E-state index in [1.807, 2.05) is 6.20 Å². The first-order valence-corrected chi connectivity index (χ1v) is 11.7. The van der Waals surface area contributed by atoms with Crippen LogP contribution in [-0.4, -0.2) is 14.1 Å². The molecule has 3 nitrogen and oxygen atoms in total. The van der Waals surface area contributed by atoms with Gasteiger partial charge in [-0.15, -0.1) is 0 Å². The third kappa shape index (κ3) is 3.16. The van der Waals surface area contributed by atoms with Crippen molar-refractivity contribution in [3.63, 3.8) is 0 Å². The van der Waals surface area contributed by atoms with Gasteiger partial charge in [0.2, 0.25) is 0 Å². The molecule has 0 fully saturated rings. The molecule has 0 saturated heterocycles. The number of benzene rings is 4. The van der Waals surface area contributed by atoms with Crippen LogP contribution in [0.5, 0.6) is 0 Å². The van der Waals surface area contributed by atoms with Crippen molar-refractivity contribution < 1.29 is 0 Å². The van der Waals surface area contributed by atoms with Crippen LogP contribution in [0.2, 0.25) is 0 Å². The molecule has 34 heavy (non-hydrogen) atoms. The highest BCUT2D eigenvalue weighted by Gasteiger charge is 2.16. The summed E-state index contributed by atoms with van der Waals surface area (Å²) in [6, 6.07) is 28.6. The van der Waals surface area contributed by atoms with E-state index in [4.69, 9.17) is 4.98 Å². The monoisotopic (exact) mass is 441 g/mol. The molecule has 3 heteroatoms. The van der Waals surface area contributed by atoms with Crippen molar-refractivity contribution in [1.82, 2.24) is 14.1 Å². The molecule has 4 aromatic carbocycles. The van der Waals surface area contributed by atoms with Crippen LogP contribution in [0.15, 0.2) is 91.3 Å². The first-order chi connectivity index (χ1) is 16.5. The second-order valence-electron chi connectivity index (χ2n) is 9.29. The Morgan fingerprint density at radius 1 is 0.647 bits per heavy atom. The van der Waals surface area contributed by atoms with E-state index in [1.165, 1.54) is 55.4 Å². The standard InChI is InChI=1S/C31H27N3/c1-20-8-7-9-25(18-20)34-28-11-6-5-10-26(28)27-19-24(12-13-29(27)34)31-32-14-15-33(31)30-22(3)16-21(2)17-23(30)4/h5-19H,1-4H3. The maximum atomic E-state index is 4.79. The number of nitrogens with zero attached hydrogens (tertiary/aromatic N) is 3. The van der Waals surface area contributed by atoms with Gasteiger partial charge in [0.25, 0.3) is 0 Å². The molecule has 0 aliphatic heterocycles. The fourth-order valence-electron chi connectivity index (χ4n) is 5.41. The summed E-state index contributed by atoms with van der Waals surface area (Å²) >= 11 is 0. The average molecular weight is 442 g/mol. The van der Waals surface area contributed by atoms with Crippen LogP contribution in [-0.2, 0) is 0 Å². The lowest BCUT2D eigenvalue weighted by molar-refractivity contribution is 1.03. The summed E-state index contributed by atoms with van der Waals surface area (Å²) in [5.74, 6) is 0.962. The minimum absolute atomic E-state index is 0.962. The number of aromatic nitrogens is 3. The quantitative estimate of drug-likeness (QED) is 0.274. The Bertz CT molecular complexity index is 1670. The van der Waals surface area contributed by atoms with Crippen molar-refractivity contribution in [2.45, 2.75) is 27.7 Å². The minimum atomic E-state index is 0.962. The van der Waals surface area contributed by atoms with E-state index in [-0.39, 0.29) is 0 Å². The van der Waals surface area contributed by atoms with Crippen molar-refractivity contribution in [2.75, 3.05) is 0 Å². The molecule has 6 rings (SSSR count). The Morgan fingerprint density at radius 3 is 2.21 bits per heavy atom. The molecule has 0 N–H and O–H groups in total. The maximum Gasteiger partial charge on any atom is 0.144 e. The number of imidazole rings is 1. The van der Waals surface area contributed by atoms with Crippen molar-refractivity contribution >= 4 is 21.8 Å². The Kier molecular flexibility index (Phi) is 4.66. The van der Waals surface area contributed by atoms with Crippen molar-refractivity contribution in [3.8, 4) is 22.8 Å². The fraction of sp³-hybridized carbons (Fsp3) is 0.129. The largest absolute Gasteiger partial charge is 0.309 e. The van der Waals surface area contributed by atoms with Gasteiger partial charge in [0, 0.05) is 34.4 Å². The third-order valence-electron chi connectivity index (χ3n) is 6.71. The second kappa shape index (κ2) is 7.74. The molecule has 2 heterocycles. The van der Waals surface area contributed by atoms with Crippen LogP contribution >= 0.6 is 0 Å². The molecule has 2 aromatic heterocycles. The van der Waals surface area contributed by atoms with Crippen molar-refractivity contribution in [2.24, 2.45) is 0 Å². The maximum absolute atomic E-state index is 4.79. The topological polar surface area (TPSA) is 22.8 Å².